The molecule has 3 aromatic rings. The van der Waals surface area contributed by atoms with Crippen molar-refractivity contribution in [3.05, 3.63) is 74.9 Å². The molecular formula is C18H14ClNO4. The van der Waals surface area contributed by atoms with Gasteiger partial charge < -0.3 is 9.15 Å². The molecule has 0 aliphatic rings. The van der Waals surface area contributed by atoms with E-state index in [2.05, 4.69) is 4.98 Å². The van der Waals surface area contributed by atoms with Crippen molar-refractivity contribution in [3.63, 3.8) is 0 Å². The number of benzene rings is 1. The van der Waals surface area contributed by atoms with Crippen LogP contribution >= 0.6 is 11.6 Å². The maximum absolute atomic E-state index is 12.0. The summed E-state index contributed by atoms with van der Waals surface area (Å²) in [5.74, 6) is -0.562. The molecule has 0 saturated heterocycles. The van der Waals surface area contributed by atoms with Crippen molar-refractivity contribution < 1.29 is 13.9 Å². The third kappa shape index (κ3) is 3.31. The van der Waals surface area contributed by atoms with Crippen LogP contribution in [0, 0.1) is 0 Å². The molecule has 0 saturated carbocycles. The molecule has 2 heterocycles. The first-order valence-electron chi connectivity index (χ1n) is 7.42. The standard InChI is InChI=1S/C18H14ClNO4/c1-2-11-7-16-13(9-14(11)19)12(8-17(21)24-16)10-23-18(22)15-5-3-4-6-20-15/h3-9H,2,10H2,1H3. The van der Waals surface area contributed by atoms with E-state index in [9.17, 15) is 9.59 Å². The number of esters is 1. The fraction of sp³-hybridized carbons (Fsp3) is 0.167. The lowest BCUT2D eigenvalue weighted by atomic mass is 10.1. The van der Waals surface area contributed by atoms with Crippen LogP contribution in [0.2, 0.25) is 5.02 Å². The summed E-state index contributed by atoms with van der Waals surface area (Å²) in [6.07, 6.45) is 2.23. The van der Waals surface area contributed by atoms with Crippen LogP contribution in [0.4, 0.5) is 0 Å². The van der Waals surface area contributed by atoms with E-state index in [4.69, 9.17) is 20.8 Å². The van der Waals surface area contributed by atoms with Crippen molar-refractivity contribution in [1.82, 2.24) is 4.98 Å². The van der Waals surface area contributed by atoms with E-state index in [1.165, 1.54) is 12.3 Å². The molecule has 3 rings (SSSR count). The molecule has 0 aliphatic carbocycles. The maximum Gasteiger partial charge on any atom is 0.357 e. The van der Waals surface area contributed by atoms with Crippen molar-refractivity contribution in [2.24, 2.45) is 0 Å². The molecule has 0 N–H and O–H groups in total. The fourth-order valence-electron chi connectivity index (χ4n) is 2.38. The number of aryl methyl sites for hydroxylation is 1. The van der Waals surface area contributed by atoms with Gasteiger partial charge in [-0.25, -0.2) is 14.6 Å². The summed E-state index contributed by atoms with van der Waals surface area (Å²) in [6, 6.07) is 9.73. The van der Waals surface area contributed by atoms with Crippen LogP contribution in [-0.4, -0.2) is 11.0 Å². The van der Waals surface area contributed by atoms with E-state index in [1.807, 2.05) is 6.92 Å². The first-order chi connectivity index (χ1) is 11.6. The van der Waals surface area contributed by atoms with Gasteiger partial charge >= 0.3 is 11.6 Å². The number of hydrogen-bond donors (Lipinski definition) is 0. The number of aromatic nitrogens is 1. The van der Waals surface area contributed by atoms with E-state index in [0.717, 1.165) is 12.0 Å². The zero-order chi connectivity index (χ0) is 17.1. The quantitative estimate of drug-likeness (QED) is 0.533. The molecule has 5 nitrogen and oxygen atoms in total. The molecule has 0 bridgehead atoms. The average Bonchev–Trinajstić information content (AvgIpc) is 2.60. The fourth-order valence-corrected chi connectivity index (χ4v) is 2.68. The number of rotatable bonds is 4. The van der Waals surface area contributed by atoms with Gasteiger partial charge in [-0.1, -0.05) is 24.6 Å². The molecule has 0 radical (unpaired) electrons. The van der Waals surface area contributed by atoms with Gasteiger partial charge in [0.15, 0.2) is 0 Å². The molecule has 0 spiro atoms. The van der Waals surface area contributed by atoms with Crippen LogP contribution in [0.1, 0.15) is 28.5 Å². The average molecular weight is 344 g/mol. The van der Waals surface area contributed by atoms with Crippen molar-refractivity contribution >= 4 is 28.5 Å². The lowest BCUT2D eigenvalue weighted by molar-refractivity contribution is 0.0467. The Labute approximate surface area is 142 Å². The Hall–Kier alpha value is -2.66. The van der Waals surface area contributed by atoms with Crippen molar-refractivity contribution in [3.8, 4) is 0 Å². The summed E-state index contributed by atoms with van der Waals surface area (Å²) >= 11 is 6.24. The van der Waals surface area contributed by atoms with Crippen LogP contribution < -0.4 is 5.63 Å². The Morgan fingerprint density at radius 2 is 2.08 bits per heavy atom. The number of halogens is 1. The number of ether oxygens (including phenoxy) is 1. The SMILES string of the molecule is CCc1cc2oc(=O)cc(COC(=O)c3ccccn3)c2cc1Cl. The first-order valence-corrected chi connectivity index (χ1v) is 7.79. The highest BCUT2D eigenvalue weighted by Gasteiger charge is 2.13. The lowest BCUT2D eigenvalue weighted by Crippen LogP contribution is -2.09. The molecule has 122 valence electrons. The van der Waals surface area contributed by atoms with Gasteiger partial charge in [0.25, 0.3) is 0 Å². The van der Waals surface area contributed by atoms with Crippen molar-refractivity contribution in [2.45, 2.75) is 20.0 Å². The highest BCUT2D eigenvalue weighted by atomic mass is 35.5. The Morgan fingerprint density at radius 3 is 2.79 bits per heavy atom. The topological polar surface area (TPSA) is 69.4 Å². The second kappa shape index (κ2) is 6.84. The van der Waals surface area contributed by atoms with E-state index in [1.54, 1.807) is 30.3 Å². The Bertz CT molecular complexity index is 950. The molecule has 0 fully saturated rings. The zero-order valence-electron chi connectivity index (χ0n) is 12.9. The molecule has 0 atom stereocenters. The first kappa shape index (κ1) is 16.2. The second-order valence-electron chi connectivity index (χ2n) is 5.18. The van der Waals surface area contributed by atoms with Gasteiger partial charge in [0.1, 0.15) is 17.9 Å². The number of fused-ring (bicyclic) bond motifs is 1. The minimum Gasteiger partial charge on any atom is -0.456 e. The summed E-state index contributed by atoms with van der Waals surface area (Å²) in [4.78, 5) is 27.7. The minimum atomic E-state index is -0.562. The molecule has 1 aromatic carbocycles. The Kier molecular flexibility index (Phi) is 4.62. The molecule has 2 aromatic heterocycles. The molecule has 0 aliphatic heterocycles. The molecular weight excluding hydrogens is 330 g/mol. The molecule has 6 heteroatoms. The number of nitrogens with zero attached hydrogens (tertiary/aromatic N) is 1. The number of pyridine rings is 1. The van der Waals surface area contributed by atoms with Gasteiger partial charge in [-0.15, -0.1) is 0 Å². The molecule has 0 amide bonds. The number of carbonyl (C=O) groups excluding carboxylic acids is 1. The Balaban J connectivity index is 1.93. The lowest BCUT2D eigenvalue weighted by Gasteiger charge is -2.09. The van der Waals surface area contributed by atoms with Gasteiger partial charge in [0, 0.05) is 28.2 Å². The highest BCUT2D eigenvalue weighted by molar-refractivity contribution is 6.32. The summed E-state index contributed by atoms with van der Waals surface area (Å²) in [6.45, 7) is 1.89. The number of hydrogen-bond acceptors (Lipinski definition) is 5. The summed E-state index contributed by atoms with van der Waals surface area (Å²) in [7, 11) is 0. The largest absolute Gasteiger partial charge is 0.456 e. The van der Waals surface area contributed by atoms with E-state index in [-0.39, 0.29) is 12.3 Å². The van der Waals surface area contributed by atoms with Gasteiger partial charge in [0.05, 0.1) is 0 Å². The van der Waals surface area contributed by atoms with Crippen LogP contribution in [0.15, 0.2) is 51.8 Å². The van der Waals surface area contributed by atoms with E-state index < -0.39 is 11.6 Å². The molecule has 24 heavy (non-hydrogen) atoms. The normalized spacial score (nSPS) is 10.8. The number of carbonyl (C=O) groups is 1. The van der Waals surface area contributed by atoms with Gasteiger partial charge in [-0.3, -0.25) is 0 Å². The van der Waals surface area contributed by atoms with Crippen LogP contribution in [-0.2, 0) is 17.8 Å². The summed E-state index contributed by atoms with van der Waals surface area (Å²) < 4.78 is 10.5. The smallest absolute Gasteiger partial charge is 0.357 e. The second-order valence-corrected chi connectivity index (χ2v) is 5.58. The van der Waals surface area contributed by atoms with E-state index >= 15 is 0 Å². The van der Waals surface area contributed by atoms with Crippen molar-refractivity contribution in [1.29, 1.82) is 0 Å². The van der Waals surface area contributed by atoms with Crippen LogP contribution in [0.25, 0.3) is 11.0 Å². The highest BCUT2D eigenvalue weighted by Crippen LogP contribution is 2.26. The predicted octanol–water partition coefficient (Wildman–Crippen LogP) is 3.76. The van der Waals surface area contributed by atoms with Gasteiger partial charge in [-0.05, 0) is 36.2 Å². The third-order valence-electron chi connectivity index (χ3n) is 3.61. The zero-order valence-corrected chi connectivity index (χ0v) is 13.7. The maximum atomic E-state index is 12.0. The summed E-state index contributed by atoms with van der Waals surface area (Å²) in [5.41, 5.74) is 1.55. The monoisotopic (exact) mass is 343 g/mol. The third-order valence-corrected chi connectivity index (χ3v) is 3.96. The van der Waals surface area contributed by atoms with Gasteiger partial charge in [-0.2, -0.15) is 0 Å². The summed E-state index contributed by atoms with van der Waals surface area (Å²) in [5, 5.41) is 1.22. The van der Waals surface area contributed by atoms with E-state index in [0.29, 0.717) is 21.6 Å². The van der Waals surface area contributed by atoms with Crippen LogP contribution in [0.3, 0.4) is 0 Å². The molecule has 0 unspecified atom stereocenters. The predicted molar refractivity (Wildman–Crippen MR) is 90.2 cm³/mol. The minimum absolute atomic E-state index is 0.0701. The van der Waals surface area contributed by atoms with Gasteiger partial charge in [0.2, 0.25) is 0 Å². The van der Waals surface area contributed by atoms with Crippen molar-refractivity contribution in [2.75, 3.05) is 0 Å². The van der Waals surface area contributed by atoms with Crippen LogP contribution in [0.5, 0.6) is 0 Å². The Morgan fingerprint density at radius 1 is 1.25 bits per heavy atom.